The standard InChI is InChI=1S/C17H14BrF2N5O/c1-24-8-12(14(23-24)15(19)20)17(26)25-3-2-13-10(7-25)4-9-5-11(18)6-21-16(9)22-13/h4-6,8,15H,2-3,7H2,1H3. The van der Waals surface area contributed by atoms with Crippen molar-refractivity contribution in [3.63, 3.8) is 0 Å². The quantitative estimate of drug-likeness (QED) is 0.636. The lowest BCUT2D eigenvalue weighted by Crippen LogP contribution is -2.36. The Morgan fingerprint density at radius 3 is 2.92 bits per heavy atom. The number of fused-ring (bicyclic) bond motifs is 2. The molecule has 1 aliphatic heterocycles. The molecule has 0 aliphatic carbocycles. The van der Waals surface area contributed by atoms with Crippen LogP contribution in [0.1, 0.15) is 33.7 Å². The van der Waals surface area contributed by atoms with Crippen molar-refractivity contribution >= 4 is 32.9 Å². The summed E-state index contributed by atoms with van der Waals surface area (Å²) in [6, 6.07) is 3.86. The number of rotatable bonds is 2. The zero-order chi connectivity index (χ0) is 18.4. The molecule has 3 aromatic heterocycles. The lowest BCUT2D eigenvalue weighted by molar-refractivity contribution is 0.0721. The number of alkyl halides is 2. The average Bonchev–Trinajstić information content (AvgIpc) is 3.01. The van der Waals surface area contributed by atoms with Gasteiger partial charge in [-0.25, -0.2) is 18.7 Å². The molecule has 0 aromatic carbocycles. The molecule has 4 rings (SSSR count). The predicted molar refractivity (Wildman–Crippen MR) is 93.8 cm³/mol. The zero-order valence-electron chi connectivity index (χ0n) is 13.8. The monoisotopic (exact) mass is 421 g/mol. The topological polar surface area (TPSA) is 63.9 Å². The van der Waals surface area contributed by atoms with Gasteiger partial charge in [0.2, 0.25) is 0 Å². The van der Waals surface area contributed by atoms with Crippen molar-refractivity contribution < 1.29 is 13.6 Å². The Morgan fingerprint density at radius 2 is 2.15 bits per heavy atom. The highest BCUT2D eigenvalue weighted by Gasteiger charge is 2.29. The number of hydrogen-bond donors (Lipinski definition) is 0. The summed E-state index contributed by atoms with van der Waals surface area (Å²) < 4.78 is 28.4. The second-order valence-corrected chi connectivity index (χ2v) is 7.09. The van der Waals surface area contributed by atoms with Gasteiger partial charge in [-0.3, -0.25) is 9.48 Å². The molecule has 26 heavy (non-hydrogen) atoms. The molecule has 4 heterocycles. The lowest BCUT2D eigenvalue weighted by Gasteiger charge is -2.28. The maximum atomic E-state index is 13.2. The van der Waals surface area contributed by atoms with E-state index in [4.69, 9.17) is 0 Å². The van der Waals surface area contributed by atoms with Crippen molar-refractivity contribution in [2.45, 2.75) is 19.4 Å². The first kappa shape index (κ1) is 17.0. The van der Waals surface area contributed by atoms with E-state index in [9.17, 15) is 13.6 Å². The van der Waals surface area contributed by atoms with Crippen LogP contribution < -0.4 is 0 Å². The highest BCUT2D eigenvalue weighted by Crippen LogP contribution is 2.27. The van der Waals surface area contributed by atoms with Crippen LogP contribution in [0, 0.1) is 0 Å². The molecule has 3 aromatic rings. The number of carbonyl (C=O) groups excluding carboxylic acids is 1. The van der Waals surface area contributed by atoms with E-state index in [1.165, 1.54) is 17.9 Å². The first-order valence-corrected chi connectivity index (χ1v) is 8.76. The molecule has 134 valence electrons. The van der Waals surface area contributed by atoms with E-state index in [1.807, 2.05) is 12.1 Å². The summed E-state index contributed by atoms with van der Waals surface area (Å²) in [5.74, 6) is -0.438. The summed E-state index contributed by atoms with van der Waals surface area (Å²) in [6.07, 6.45) is 0.799. The third-order valence-corrected chi connectivity index (χ3v) is 4.80. The zero-order valence-corrected chi connectivity index (χ0v) is 15.4. The van der Waals surface area contributed by atoms with Crippen LogP contribution in [0.4, 0.5) is 8.78 Å². The van der Waals surface area contributed by atoms with E-state index >= 15 is 0 Å². The summed E-state index contributed by atoms with van der Waals surface area (Å²) in [7, 11) is 1.52. The van der Waals surface area contributed by atoms with Gasteiger partial charge in [-0.1, -0.05) is 0 Å². The van der Waals surface area contributed by atoms with Gasteiger partial charge in [0.15, 0.2) is 5.65 Å². The van der Waals surface area contributed by atoms with Crippen molar-refractivity contribution in [2.75, 3.05) is 6.54 Å². The van der Waals surface area contributed by atoms with Crippen LogP contribution in [0.25, 0.3) is 11.0 Å². The molecular weight excluding hydrogens is 408 g/mol. The van der Waals surface area contributed by atoms with Gasteiger partial charge < -0.3 is 4.90 Å². The van der Waals surface area contributed by atoms with Crippen molar-refractivity contribution in [3.8, 4) is 0 Å². The van der Waals surface area contributed by atoms with E-state index in [-0.39, 0.29) is 5.56 Å². The van der Waals surface area contributed by atoms with Crippen molar-refractivity contribution in [3.05, 3.63) is 51.5 Å². The molecule has 0 saturated carbocycles. The first-order valence-electron chi connectivity index (χ1n) is 7.97. The molecule has 0 bridgehead atoms. The number of hydrogen-bond acceptors (Lipinski definition) is 4. The van der Waals surface area contributed by atoms with Gasteiger partial charge >= 0.3 is 0 Å². The minimum atomic E-state index is -2.79. The molecule has 1 amide bonds. The van der Waals surface area contributed by atoms with Gasteiger partial charge in [0.25, 0.3) is 12.3 Å². The first-order chi connectivity index (χ1) is 12.4. The average molecular weight is 422 g/mol. The molecular formula is C17H14BrF2N5O. The Hall–Kier alpha value is -2.42. The second kappa shape index (κ2) is 6.39. The number of aromatic nitrogens is 4. The molecule has 0 N–H and O–H groups in total. The summed E-state index contributed by atoms with van der Waals surface area (Å²) in [4.78, 5) is 23.2. The smallest absolute Gasteiger partial charge is 0.282 e. The molecule has 0 unspecified atom stereocenters. The molecule has 6 nitrogen and oxygen atoms in total. The van der Waals surface area contributed by atoms with Gasteiger partial charge in [-0.05, 0) is 33.6 Å². The molecule has 1 aliphatic rings. The molecule has 0 atom stereocenters. The minimum absolute atomic E-state index is 0.0518. The third-order valence-electron chi connectivity index (χ3n) is 4.36. The molecule has 9 heteroatoms. The normalized spacial score (nSPS) is 14.1. The van der Waals surface area contributed by atoms with Crippen LogP contribution in [0.5, 0.6) is 0 Å². The maximum absolute atomic E-state index is 13.2. The Morgan fingerprint density at radius 1 is 1.35 bits per heavy atom. The van der Waals surface area contributed by atoms with Crippen molar-refractivity contribution in [1.29, 1.82) is 0 Å². The number of halogens is 3. The number of amides is 1. The van der Waals surface area contributed by atoms with Gasteiger partial charge in [-0.2, -0.15) is 5.10 Å². The molecule has 0 saturated heterocycles. The van der Waals surface area contributed by atoms with Crippen LogP contribution in [0.2, 0.25) is 0 Å². The summed E-state index contributed by atoms with van der Waals surface area (Å²) in [5.41, 5.74) is 1.91. The van der Waals surface area contributed by atoms with Crippen molar-refractivity contribution in [2.24, 2.45) is 7.05 Å². The Bertz CT molecular complexity index is 1020. The van der Waals surface area contributed by atoms with E-state index < -0.39 is 18.0 Å². The van der Waals surface area contributed by atoms with Crippen LogP contribution in [0.15, 0.2) is 29.0 Å². The number of aryl methyl sites for hydroxylation is 1. The highest BCUT2D eigenvalue weighted by molar-refractivity contribution is 9.10. The second-order valence-electron chi connectivity index (χ2n) is 6.17. The largest absolute Gasteiger partial charge is 0.334 e. The lowest BCUT2D eigenvalue weighted by atomic mass is 10.0. The van der Waals surface area contributed by atoms with Crippen LogP contribution >= 0.6 is 15.9 Å². The van der Waals surface area contributed by atoms with Gasteiger partial charge in [0.05, 0.1) is 5.56 Å². The highest BCUT2D eigenvalue weighted by atomic mass is 79.9. The minimum Gasteiger partial charge on any atom is -0.334 e. The summed E-state index contributed by atoms with van der Waals surface area (Å²) in [5, 5.41) is 4.58. The van der Waals surface area contributed by atoms with Gasteiger partial charge in [0.1, 0.15) is 5.69 Å². The van der Waals surface area contributed by atoms with Gasteiger partial charge in [-0.15, -0.1) is 0 Å². The fraction of sp³-hybridized carbons (Fsp3) is 0.294. The summed E-state index contributed by atoms with van der Waals surface area (Å²) in [6.45, 7) is 0.736. The fourth-order valence-corrected chi connectivity index (χ4v) is 3.52. The molecule has 0 spiro atoms. The van der Waals surface area contributed by atoms with E-state index in [1.54, 1.807) is 11.1 Å². The van der Waals surface area contributed by atoms with E-state index in [0.717, 1.165) is 21.1 Å². The van der Waals surface area contributed by atoms with Crippen LogP contribution in [-0.4, -0.2) is 37.1 Å². The Balaban J connectivity index is 1.67. The van der Waals surface area contributed by atoms with Gasteiger partial charge in [0, 0.05) is 54.5 Å². The van der Waals surface area contributed by atoms with Crippen LogP contribution in [-0.2, 0) is 20.0 Å². The Labute approximate surface area is 156 Å². The SMILES string of the molecule is Cn1cc(C(=O)N2CCc3nc4ncc(Br)cc4cc3C2)c(C(F)F)n1. The third kappa shape index (κ3) is 2.96. The van der Waals surface area contributed by atoms with Crippen molar-refractivity contribution in [1.82, 2.24) is 24.6 Å². The molecule has 0 radical (unpaired) electrons. The van der Waals surface area contributed by atoms with E-state index in [2.05, 4.69) is 31.0 Å². The number of carbonyl (C=O) groups is 1. The van der Waals surface area contributed by atoms with E-state index in [0.29, 0.717) is 25.2 Å². The predicted octanol–water partition coefficient (Wildman–Crippen LogP) is 3.26. The Kier molecular flexibility index (Phi) is 4.18. The van der Waals surface area contributed by atoms with Crippen LogP contribution in [0.3, 0.4) is 0 Å². The fourth-order valence-electron chi connectivity index (χ4n) is 3.17. The summed E-state index contributed by atoms with van der Waals surface area (Å²) >= 11 is 3.38. The molecule has 0 fully saturated rings. The number of pyridine rings is 2. The maximum Gasteiger partial charge on any atom is 0.282 e. The number of nitrogens with zero attached hydrogens (tertiary/aromatic N) is 5.